The third-order valence-electron chi connectivity index (χ3n) is 3.61. The minimum absolute atomic E-state index is 0.0357. The van der Waals surface area contributed by atoms with E-state index < -0.39 is 0 Å². The van der Waals surface area contributed by atoms with E-state index in [0.717, 1.165) is 37.2 Å². The molecular weight excluding hydrogens is 228 g/mol. The maximum Gasteiger partial charge on any atom is 0.246 e. The molecule has 1 amide bonds. The summed E-state index contributed by atoms with van der Waals surface area (Å²) in [5, 5.41) is 6.23. The predicted molar refractivity (Wildman–Crippen MR) is 69.5 cm³/mol. The Labute approximate surface area is 107 Å². The van der Waals surface area contributed by atoms with Crippen molar-refractivity contribution >= 4 is 11.6 Å². The molecule has 4 nitrogen and oxygen atoms in total. The van der Waals surface area contributed by atoms with Crippen molar-refractivity contribution in [3.63, 3.8) is 0 Å². The van der Waals surface area contributed by atoms with Crippen LogP contribution in [0.2, 0.25) is 0 Å². The quantitative estimate of drug-likeness (QED) is 0.854. The van der Waals surface area contributed by atoms with Gasteiger partial charge < -0.3 is 10.1 Å². The van der Waals surface area contributed by atoms with E-state index in [-0.39, 0.29) is 18.1 Å². The fourth-order valence-corrected chi connectivity index (χ4v) is 2.64. The molecule has 2 N–H and O–H groups in total. The van der Waals surface area contributed by atoms with E-state index in [1.165, 1.54) is 5.56 Å². The van der Waals surface area contributed by atoms with Gasteiger partial charge in [-0.1, -0.05) is 17.7 Å². The number of amides is 1. The maximum atomic E-state index is 11.9. The lowest BCUT2D eigenvalue weighted by Gasteiger charge is -2.15. The second-order valence-corrected chi connectivity index (χ2v) is 5.06. The first-order chi connectivity index (χ1) is 8.74. The Balaban J connectivity index is 1.72. The summed E-state index contributed by atoms with van der Waals surface area (Å²) in [5.41, 5.74) is 3.16. The zero-order chi connectivity index (χ0) is 12.5. The number of fused-ring (bicyclic) bond motifs is 1. The van der Waals surface area contributed by atoms with Gasteiger partial charge in [0.2, 0.25) is 5.91 Å². The molecule has 18 heavy (non-hydrogen) atoms. The van der Waals surface area contributed by atoms with Crippen molar-refractivity contribution in [3.8, 4) is 0 Å². The van der Waals surface area contributed by atoms with Crippen molar-refractivity contribution in [1.29, 1.82) is 0 Å². The van der Waals surface area contributed by atoms with Gasteiger partial charge in [0.1, 0.15) is 6.04 Å². The van der Waals surface area contributed by atoms with Gasteiger partial charge in [0.15, 0.2) is 0 Å². The molecule has 1 saturated heterocycles. The van der Waals surface area contributed by atoms with E-state index in [4.69, 9.17) is 4.74 Å². The Morgan fingerprint density at radius 2 is 2.39 bits per heavy atom. The number of hydrogen-bond acceptors (Lipinski definition) is 3. The Bertz CT molecular complexity index is 467. The summed E-state index contributed by atoms with van der Waals surface area (Å²) >= 11 is 0. The summed E-state index contributed by atoms with van der Waals surface area (Å²) in [5.74, 6) is 0.0357. The number of ether oxygens (including phenoxy) is 1. The number of hydrogen-bond donors (Lipinski definition) is 2. The minimum Gasteiger partial charge on any atom is -0.377 e. The van der Waals surface area contributed by atoms with Crippen LogP contribution in [-0.4, -0.2) is 25.2 Å². The van der Waals surface area contributed by atoms with E-state index in [2.05, 4.69) is 16.7 Å². The molecular formula is C14H18N2O2. The smallest absolute Gasteiger partial charge is 0.246 e. The Morgan fingerprint density at radius 3 is 3.17 bits per heavy atom. The van der Waals surface area contributed by atoms with Crippen LogP contribution < -0.4 is 10.6 Å². The number of rotatable bonds is 3. The number of benzene rings is 1. The van der Waals surface area contributed by atoms with Gasteiger partial charge in [0, 0.05) is 24.4 Å². The Hall–Kier alpha value is -1.39. The van der Waals surface area contributed by atoms with E-state index >= 15 is 0 Å². The van der Waals surface area contributed by atoms with Crippen molar-refractivity contribution in [3.05, 3.63) is 29.3 Å². The first-order valence-electron chi connectivity index (χ1n) is 6.50. The fraction of sp³-hybridized carbons (Fsp3) is 0.500. The monoisotopic (exact) mass is 246 g/mol. The predicted octanol–water partition coefficient (Wildman–Crippen LogP) is 1.76. The molecule has 1 aromatic rings. The molecule has 0 saturated carbocycles. The first kappa shape index (κ1) is 11.7. The number of anilines is 1. The molecule has 0 aromatic heterocycles. The van der Waals surface area contributed by atoms with Crippen LogP contribution in [0.1, 0.15) is 30.0 Å². The van der Waals surface area contributed by atoms with Gasteiger partial charge >= 0.3 is 0 Å². The van der Waals surface area contributed by atoms with Gasteiger partial charge in [-0.2, -0.15) is 0 Å². The molecule has 1 fully saturated rings. The van der Waals surface area contributed by atoms with Crippen LogP contribution >= 0.6 is 0 Å². The molecule has 2 atom stereocenters. The summed E-state index contributed by atoms with van der Waals surface area (Å²) in [6.07, 6.45) is 2.47. The van der Waals surface area contributed by atoms with Crippen LogP contribution in [0.15, 0.2) is 18.2 Å². The van der Waals surface area contributed by atoms with Crippen molar-refractivity contribution in [2.24, 2.45) is 0 Å². The van der Waals surface area contributed by atoms with Crippen LogP contribution in [0.3, 0.4) is 0 Å². The second-order valence-electron chi connectivity index (χ2n) is 5.06. The van der Waals surface area contributed by atoms with Crippen molar-refractivity contribution in [2.75, 3.05) is 18.5 Å². The molecule has 2 heterocycles. The zero-order valence-corrected chi connectivity index (χ0v) is 10.5. The van der Waals surface area contributed by atoms with Crippen LogP contribution in [0.4, 0.5) is 5.69 Å². The molecule has 2 aliphatic heterocycles. The lowest BCUT2D eigenvalue weighted by Crippen LogP contribution is -2.33. The third kappa shape index (κ3) is 2.13. The summed E-state index contributed by atoms with van der Waals surface area (Å²) < 4.78 is 5.57. The van der Waals surface area contributed by atoms with Crippen molar-refractivity contribution in [1.82, 2.24) is 5.32 Å². The summed E-state index contributed by atoms with van der Waals surface area (Å²) in [4.78, 5) is 11.9. The van der Waals surface area contributed by atoms with Gasteiger partial charge in [-0.05, 0) is 25.8 Å². The molecule has 0 bridgehead atoms. The molecule has 2 aliphatic rings. The molecule has 96 valence electrons. The van der Waals surface area contributed by atoms with Gasteiger partial charge in [0.25, 0.3) is 0 Å². The summed E-state index contributed by atoms with van der Waals surface area (Å²) in [6.45, 7) is 3.63. The van der Waals surface area contributed by atoms with Crippen LogP contribution in [0.25, 0.3) is 0 Å². The van der Waals surface area contributed by atoms with Gasteiger partial charge in [0.05, 0.1) is 6.10 Å². The standard InChI is InChI=1S/C14H18N2O2/c1-9-4-5-12-11(7-9)13(14(17)16-12)15-8-10-3-2-6-18-10/h4-5,7,10,13,15H,2-3,6,8H2,1H3,(H,16,17). The number of carbonyl (C=O) groups excluding carboxylic acids is 1. The number of nitrogens with one attached hydrogen (secondary N) is 2. The van der Waals surface area contributed by atoms with E-state index in [1.807, 2.05) is 19.1 Å². The van der Waals surface area contributed by atoms with E-state index in [1.54, 1.807) is 0 Å². The zero-order valence-electron chi connectivity index (χ0n) is 10.5. The van der Waals surface area contributed by atoms with Crippen molar-refractivity contribution in [2.45, 2.75) is 31.9 Å². The van der Waals surface area contributed by atoms with Gasteiger partial charge in [-0.25, -0.2) is 0 Å². The topological polar surface area (TPSA) is 50.4 Å². The number of aryl methyl sites for hydroxylation is 1. The van der Waals surface area contributed by atoms with Crippen LogP contribution in [0, 0.1) is 6.92 Å². The molecule has 0 spiro atoms. The number of carbonyl (C=O) groups is 1. The highest BCUT2D eigenvalue weighted by Crippen LogP contribution is 2.31. The van der Waals surface area contributed by atoms with Crippen LogP contribution in [-0.2, 0) is 9.53 Å². The van der Waals surface area contributed by atoms with Gasteiger partial charge in [-0.3, -0.25) is 10.1 Å². The average molecular weight is 246 g/mol. The molecule has 4 heteroatoms. The average Bonchev–Trinajstić information content (AvgIpc) is 2.94. The lowest BCUT2D eigenvalue weighted by atomic mass is 10.1. The van der Waals surface area contributed by atoms with E-state index in [0.29, 0.717) is 0 Å². The lowest BCUT2D eigenvalue weighted by molar-refractivity contribution is -0.117. The molecule has 2 unspecified atom stereocenters. The highest BCUT2D eigenvalue weighted by Gasteiger charge is 2.31. The van der Waals surface area contributed by atoms with Crippen LogP contribution in [0.5, 0.6) is 0 Å². The molecule has 0 aliphatic carbocycles. The summed E-state index contributed by atoms with van der Waals surface area (Å²) in [6, 6.07) is 5.82. The largest absolute Gasteiger partial charge is 0.377 e. The molecule has 1 aromatic carbocycles. The highest BCUT2D eigenvalue weighted by atomic mass is 16.5. The second kappa shape index (κ2) is 4.71. The summed E-state index contributed by atoms with van der Waals surface area (Å²) in [7, 11) is 0. The molecule has 0 radical (unpaired) electrons. The normalized spacial score (nSPS) is 26.2. The maximum absolute atomic E-state index is 11.9. The first-order valence-corrected chi connectivity index (χ1v) is 6.50. The molecule has 3 rings (SSSR count). The highest BCUT2D eigenvalue weighted by molar-refractivity contribution is 6.02. The van der Waals surface area contributed by atoms with Gasteiger partial charge in [-0.15, -0.1) is 0 Å². The van der Waals surface area contributed by atoms with E-state index in [9.17, 15) is 4.79 Å². The Kier molecular flexibility index (Phi) is 3.06. The SMILES string of the molecule is Cc1ccc2c(c1)C(NCC1CCCO1)C(=O)N2. The Morgan fingerprint density at radius 1 is 1.50 bits per heavy atom. The minimum atomic E-state index is -0.232. The fourth-order valence-electron chi connectivity index (χ4n) is 2.64. The van der Waals surface area contributed by atoms with Crippen molar-refractivity contribution < 1.29 is 9.53 Å². The third-order valence-corrected chi connectivity index (χ3v) is 3.61.